The van der Waals surface area contributed by atoms with E-state index >= 15 is 0 Å². The van der Waals surface area contributed by atoms with Crippen molar-refractivity contribution in [2.75, 3.05) is 7.11 Å². The van der Waals surface area contributed by atoms with Crippen LogP contribution in [-0.4, -0.2) is 19.1 Å². The number of methoxy groups -OCH3 is 1. The van der Waals surface area contributed by atoms with Gasteiger partial charge in [0.25, 0.3) is 5.91 Å². The van der Waals surface area contributed by atoms with Crippen molar-refractivity contribution in [3.05, 3.63) is 58.1 Å². The Hall–Kier alpha value is -2.49. The molecule has 2 rings (SSSR count). The van der Waals surface area contributed by atoms with E-state index in [-0.39, 0.29) is 11.9 Å². The first-order valence-electron chi connectivity index (χ1n) is 10.4. The first-order valence-corrected chi connectivity index (χ1v) is 10.4. The number of hydrogen-bond donors (Lipinski definition) is 1. The molecule has 0 aliphatic rings. The summed E-state index contributed by atoms with van der Waals surface area (Å²) in [5, 5.41) is 3.13. The lowest BCUT2D eigenvalue weighted by Crippen LogP contribution is -2.39. The predicted molar refractivity (Wildman–Crippen MR) is 119 cm³/mol. The molecule has 0 aliphatic carbocycles. The standard InChI is InChI=1S/C25H35NO3/c1-9-23(29-20-11-10-16(4)17(5)12-20)25(27)26-19(7)22-14-21(15(2)3)24(28-8)13-18(22)6/h10-15,19,23H,9H2,1-8H3,(H,26,27)/t19-,23-/m0/s1. The second-order valence-electron chi connectivity index (χ2n) is 8.10. The van der Waals surface area contributed by atoms with Gasteiger partial charge >= 0.3 is 0 Å². The van der Waals surface area contributed by atoms with Crippen molar-refractivity contribution in [1.82, 2.24) is 5.32 Å². The van der Waals surface area contributed by atoms with Crippen molar-refractivity contribution in [1.29, 1.82) is 0 Å². The fourth-order valence-corrected chi connectivity index (χ4v) is 3.47. The summed E-state index contributed by atoms with van der Waals surface area (Å²) >= 11 is 0. The van der Waals surface area contributed by atoms with Gasteiger partial charge in [0.1, 0.15) is 11.5 Å². The molecule has 2 atom stereocenters. The molecule has 4 nitrogen and oxygen atoms in total. The SMILES string of the molecule is CC[C@H](Oc1ccc(C)c(C)c1)C(=O)N[C@@H](C)c1cc(C(C)C)c(OC)cc1C. The van der Waals surface area contributed by atoms with Gasteiger partial charge in [-0.2, -0.15) is 0 Å². The maximum absolute atomic E-state index is 12.9. The highest BCUT2D eigenvalue weighted by Crippen LogP contribution is 2.32. The largest absolute Gasteiger partial charge is 0.496 e. The average Bonchev–Trinajstić information content (AvgIpc) is 2.67. The lowest BCUT2D eigenvalue weighted by Gasteiger charge is -2.24. The van der Waals surface area contributed by atoms with Gasteiger partial charge in [-0.05, 0) is 92.1 Å². The van der Waals surface area contributed by atoms with Crippen molar-refractivity contribution >= 4 is 5.91 Å². The number of nitrogens with one attached hydrogen (secondary N) is 1. The number of ether oxygens (including phenoxy) is 2. The number of hydrogen-bond acceptors (Lipinski definition) is 3. The number of aryl methyl sites for hydroxylation is 3. The van der Waals surface area contributed by atoms with Gasteiger partial charge in [-0.3, -0.25) is 4.79 Å². The summed E-state index contributed by atoms with van der Waals surface area (Å²) in [4.78, 5) is 12.9. The van der Waals surface area contributed by atoms with Gasteiger partial charge in [-0.25, -0.2) is 0 Å². The Morgan fingerprint density at radius 2 is 1.66 bits per heavy atom. The summed E-state index contributed by atoms with van der Waals surface area (Å²) in [5.41, 5.74) is 5.71. The Bertz CT molecular complexity index is 857. The molecular weight excluding hydrogens is 362 g/mol. The van der Waals surface area contributed by atoms with E-state index in [2.05, 4.69) is 38.2 Å². The first-order chi connectivity index (χ1) is 13.7. The van der Waals surface area contributed by atoms with Crippen molar-refractivity contribution in [3.63, 3.8) is 0 Å². The maximum atomic E-state index is 12.9. The van der Waals surface area contributed by atoms with Crippen LogP contribution in [0.1, 0.15) is 73.9 Å². The highest BCUT2D eigenvalue weighted by atomic mass is 16.5. The molecule has 0 aromatic heterocycles. The van der Waals surface area contributed by atoms with Gasteiger partial charge in [0, 0.05) is 0 Å². The van der Waals surface area contributed by atoms with Crippen LogP contribution in [0, 0.1) is 20.8 Å². The molecule has 0 heterocycles. The third kappa shape index (κ3) is 5.53. The van der Waals surface area contributed by atoms with Gasteiger partial charge in [-0.15, -0.1) is 0 Å². The van der Waals surface area contributed by atoms with Crippen LogP contribution in [0.4, 0.5) is 0 Å². The highest BCUT2D eigenvalue weighted by Gasteiger charge is 2.22. The van der Waals surface area contributed by atoms with Crippen LogP contribution in [0.3, 0.4) is 0 Å². The Balaban J connectivity index is 2.17. The molecule has 29 heavy (non-hydrogen) atoms. The molecular formula is C25H35NO3. The summed E-state index contributed by atoms with van der Waals surface area (Å²) in [6, 6.07) is 10.0. The molecule has 0 spiro atoms. The first kappa shape index (κ1) is 22.8. The quantitative estimate of drug-likeness (QED) is 0.614. The summed E-state index contributed by atoms with van der Waals surface area (Å²) in [6.07, 6.45) is 0.0762. The molecule has 2 aromatic carbocycles. The summed E-state index contributed by atoms with van der Waals surface area (Å²) < 4.78 is 11.5. The zero-order chi connectivity index (χ0) is 21.7. The number of benzene rings is 2. The molecule has 0 saturated carbocycles. The summed E-state index contributed by atoms with van der Waals surface area (Å²) in [7, 11) is 1.70. The normalized spacial score (nSPS) is 13.1. The molecule has 1 amide bonds. The van der Waals surface area contributed by atoms with Crippen LogP contribution >= 0.6 is 0 Å². The Labute approximate surface area is 175 Å². The van der Waals surface area contributed by atoms with Crippen molar-refractivity contribution in [2.45, 2.75) is 73.0 Å². The van der Waals surface area contributed by atoms with Gasteiger partial charge in [0.2, 0.25) is 0 Å². The number of carbonyl (C=O) groups is 1. The van der Waals surface area contributed by atoms with Crippen molar-refractivity contribution in [2.24, 2.45) is 0 Å². The third-order valence-corrected chi connectivity index (χ3v) is 5.49. The van der Waals surface area contributed by atoms with E-state index in [0.717, 1.165) is 33.8 Å². The fourth-order valence-electron chi connectivity index (χ4n) is 3.47. The summed E-state index contributed by atoms with van der Waals surface area (Å²) in [6.45, 7) is 14.4. The molecule has 2 aromatic rings. The summed E-state index contributed by atoms with van der Waals surface area (Å²) in [5.74, 6) is 1.86. The molecule has 0 aliphatic heterocycles. The molecule has 0 unspecified atom stereocenters. The van der Waals surface area contributed by atoms with Gasteiger partial charge < -0.3 is 14.8 Å². The molecule has 0 bridgehead atoms. The lowest BCUT2D eigenvalue weighted by atomic mass is 9.93. The van der Waals surface area contributed by atoms with E-state index in [4.69, 9.17) is 9.47 Å². The van der Waals surface area contributed by atoms with Crippen molar-refractivity contribution < 1.29 is 14.3 Å². The molecule has 0 fully saturated rings. The fraction of sp³-hybridized carbons (Fsp3) is 0.480. The van der Waals surface area contributed by atoms with Crippen LogP contribution in [0.15, 0.2) is 30.3 Å². The zero-order valence-electron chi connectivity index (χ0n) is 19.1. The minimum atomic E-state index is -0.525. The molecule has 4 heteroatoms. The number of rotatable bonds is 8. The van der Waals surface area contributed by atoms with Crippen molar-refractivity contribution in [3.8, 4) is 11.5 Å². The van der Waals surface area contributed by atoms with Crippen LogP contribution < -0.4 is 14.8 Å². The van der Waals surface area contributed by atoms with Crippen LogP contribution in [0.25, 0.3) is 0 Å². The van der Waals surface area contributed by atoms with E-state index in [1.54, 1.807) is 7.11 Å². The van der Waals surface area contributed by atoms with E-state index in [0.29, 0.717) is 12.3 Å². The van der Waals surface area contributed by atoms with Gasteiger partial charge in [0.15, 0.2) is 6.10 Å². The highest BCUT2D eigenvalue weighted by molar-refractivity contribution is 5.81. The smallest absolute Gasteiger partial charge is 0.261 e. The molecule has 158 valence electrons. The number of amides is 1. The van der Waals surface area contributed by atoms with E-state index in [1.165, 1.54) is 5.56 Å². The molecule has 0 saturated heterocycles. The van der Waals surface area contributed by atoms with E-state index < -0.39 is 6.10 Å². The van der Waals surface area contributed by atoms with E-state index in [1.807, 2.05) is 45.9 Å². The van der Waals surface area contributed by atoms with Crippen LogP contribution in [-0.2, 0) is 4.79 Å². The minimum absolute atomic E-state index is 0.0976. The average molecular weight is 398 g/mol. The van der Waals surface area contributed by atoms with Crippen LogP contribution in [0.5, 0.6) is 11.5 Å². The second kappa shape index (κ2) is 9.82. The maximum Gasteiger partial charge on any atom is 0.261 e. The predicted octanol–water partition coefficient (Wildman–Crippen LogP) is 5.78. The third-order valence-electron chi connectivity index (χ3n) is 5.49. The Kier molecular flexibility index (Phi) is 7.72. The number of carbonyl (C=O) groups excluding carboxylic acids is 1. The lowest BCUT2D eigenvalue weighted by molar-refractivity contribution is -0.128. The Morgan fingerprint density at radius 1 is 0.966 bits per heavy atom. The minimum Gasteiger partial charge on any atom is -0.496 e. The zero-order valence-corrected chi connectivity index (χ0v) is 19.1. The molecule has 1 N–H and O–H groups in total. The van der Waals surface area contributed by atoms with Gasteiger partial charge in [0.05, 0.1) is 13.2 Å². The van der Waals surface area contributed by atoms with Gasteiger partial charge in [-0.1, -0.05) is 26.8 Å². The molecule has 0 radical (unpaired) electrons. The topological polar surface area (TPSA) is 47.6 Å². The monoisotopic (exact) mass is 397 g/mol. The van der Waals surface area contributed by atoms with E-state index in [9.17, 15) is 4.79 Å². The van der Waals surface area contributed by atoms with Crippen LogP contribution in [0.2, 0.25) is 0 Å². The Morgan fingerprint density at radius 3 is 2.21 bits per heavy atom. The second-order valence-corrected chi connectivity index (χ2v) is 8.10.